The topological polar surface area (TPSA) is 12.0 Å². The van der Waals surface area contributed by atoms with E-state index in [0.717, 1.165) is 6.42 Å². The molecule has 1 aromatic carbocycles. The first kappa shape index (κ1) is 12.3. The van der Waals surface area contributed by atoms with Crippen molar-refractivity contribution in [2.24, 2.45) is 0 Å². The molecule has 0 saturated heterocycles. The molecule has 1 heterocycles. The van der Waals surface area contributed by atoms with Crippen LogP contribution in [0.15, 0.2) is 35.0 Å². The first-order chi connectivity index (χ1) is 8.22. The van der Waals surface area contributed by atoms with Crippen LogP contribution in [-0.4, -0.2) is 7.05 Å². The van der Waals surface area contributed by atoms with Crippen molar-refractivity contribution >= 4 is 11.3 Å². The molecule has 90 valence electrons. The second-order valence-corrected chi connectivity index (χ2v) is 5.23. The van der Waals surface area contributed by atoms with Crippen LogP contribution in [-0.2, 0) is 6.42 Å². The Morgan fingerprint density at radius 3 is 2.47 bits per heavy atom. The van der Waals surface area contributed by atoms with Crippen LogP contribution in [0.25, 0.3) is 0 Å². The Morgan fingerprint density at radius 2 is 1.88 bits per heavy atom. The van der Waals surface area contributed by atoms with Crippen molar-refractivity contribution in [3.63, 3.8) is 0 Å². The Hall–Kier alpha value is -1.12. The van der Waals surface area contributed by atoms with Crippen molar-refractivity contribution in [3.05, 3.63) is 57.3 Å². The van der Waals surface area contributed by atoms with Crippen LogP contribution in [0.4, 0.5) is 0 Å². The van der Waals surface area contributed by atoms with Crippen molar-refractivity contribution in [2.45, 2.75) is 26.3 Å². The van der Waals surface area contributed by atoms with Crippen LogP contribution in [0, 0.1) is 13.8 Å². The molecular formula is C15H19NS. The van der Waals surface area contributed by atoms with Gasteiger partial charge in [0.25, 0.3) is 0 Å². The number of thiophene rings is 1. The van der Waals surface area contributed by atoms with Gasteiger partial charge in [0.1, 0.15) is 0 Å². The van der Waals surface area contributed by atoms with E-state index in [1.54, 1.807) is 11.3 Å². The van der Waals surface area contributed by atoms with Crippen molar-refractivity contribution < 1.29 is 0 Å². The van der Waals surface area contributed by atoms with E-state index in [4.69, 9.17) is 0 Å². The Bertz CT molecular complexity index is 487. The summed E-state index contributed by atoms with van der Waals surface area (Å²) in [5, 5.41) is 7.91. The van der Waals surface area contributed by atoms with Gasteiger partial charge in [-0.1, -0.05) is 24.3 Å². The Balaban J connectivity index is 2.22. The lowest BCUT2D eigenvalue weighted by atomic mass is 9.96. The summed E-state index contributed by atoms with van der Waals surface area (Å²) in [5.74, 6) is 0. The number of likely N-dealkylation sites (N-methyl/N-ethyl adjacent to an activating group) is 1. The summed E-state index contributed by atoms with van der Waals surface area (Å²) in [6, 6.07) is 9.05. The Kier molecular flexibility index (Phi) is 3.97. The predicted octanol–water partition coefficient (Wildman–Crippen LogP) is 3.87. The van der Waals surface area contributed by atoms with Gasteiger partial charge in [0.05, 0.1) is 0 Å². The van der Waals surface area contributed by atoms with Gasteiger partial charge in [0.2, 0.25) is 0 Å². The van der Waals surface area contributed by atoms with Crippen LogP contribution in [0.5, 0.6) is 0 Å². The van der Waals surface area contributed by atoms with E-state index in [-0.39, 0.29) is 0 Å². The maximum Gasteiger partial charge on any atom is 0.0369 e. The van der Waals surface area contributed by atoms with E-state index in [0.29, 0.717) is 6.04 Å². The molecule has 0 amide bonds. The van der Waals surface area contributed by atoms with Gasteiger partial charge in [-0.15, -0.1) is 0 Å². The highest BCUT2D eigenvalue weighted by atomic mass is 32.1. The third kappa shape index (κ3) is 2.76. The van der Waals surface area contributed by atoms with E-state index in [1.165, 1.54) is 22.3 Å². The first-order valence-corrected chi connectivity index (χ1v) is 6.91. The monoisotopic (exact) mass is 245 g/mol. The summed E-state index contributed by atoms with van der Waals surface area (Å²) in [5.41, 5.74) is 5.63. The fourth-order valence-electron chi connectivity index (χ4n) is 2.15. The molecule has 2 heteroatoms. The average Bonchev–Trinajstić information content (AvgIpc) is 2.75. The van der Waals surface area contributed by atoms with Gasteiger partial charge in [0.15, 0.2) is 0 Å². The lowest BCUT2D eigenvalue weighted by Gasteiger charge is -2.17. The molecule has 0 aliphatic rings. The van der Waals surface area contributed by atoms with Crippen LogP contribution < -0.4 is 5.32 Å². The molecule has 17 heavy (non-hydrogen) atoms. The molecule has 0 aliphatic heterocycles. The second kappa shape index (κ2) is 5.48. The third-order valence-electron chi connectivity index (χ3n) is 3.30. The van der Waals surface area contributed by atoms with E-state index >= 15 is 0 Å². The zero-order chi connectivity index (χ0) is 12.3. The van der Waals surface area contributed by atoms with Gasteiger partial charge in [-0.05, 0) is 60.3 Å². The molecule has 0 bridgehead atoms. The molecule has 1 aromatic heterocycles. The fourth-order valence-corrected chi connectivity index (χ4v) is 3.06. The van der Waals surface area contributed by atoms with Crippen molar-refractivity contribution in [1.29, 1.82) is 0 Å². The van der Waals surface area contributed by atoms with E-state index in [9.17, 15) is 0 Å². The minimum atomic E-state index is 0.419. The summed E-state index contributed by atoms with van der Waals surface area (Å²) in [6.45, 7) is 4.37. The van der Waals surface area contributed by atoms with E-state index in [1.807, 2.05) is 7.05 Å². The summed E-state index contributed by atoms with van der Waals surface area (Å²) < 4.78 is 0. The Morgan fingerprint density at radius 1 is 1.12 bits per heavy atom. The van der Waals surface area contributed by atoms with Crippen LogP contribution >= 0.6 is 11.3 Å². The lowest BCUT2D eigenvalue weighted by molar-refractivity contribution is 0.589. The summed E-state index contributed by atoms with van der Waals surface area (Å²) in [6.07, 6.45) is 1.06. The predicted molar refractivity (Wildman–Crippen MR) is 75.7 cm³/mol. The average molecular weight is 245 g/mol. The van der Waals surface area contributed by atoms with Gasteiger partial charge in [-0.3, -0.25) is 0 Å². The summed E-state index contributed by atoms with van der Waals surface area (Å²) in [7, 11) is 2.04. The molecule has 0 aliphatic carbocycles. The molecule has 2 aromatic rings. The number of aryl methyl sites for hydroxylation is 2. The maximum absolute atomic E-state index is 3.43. The lowest BCUT2D eigenvalue weighted by Crippen LogP contribution is -2.19. The smallest absolute Gasteiger partial charge is 0.0369 e. The van der Waals surface area contributed by atoms with Gasteiger partial charge in [-0.2, -0.15) is 11.3 Å². The van der Waals surface area contributed by atoms with Gasteiger partial charge >= 0.3 is 0 Å². The van der Waals surface area contributed by atoms with Crippen molar-refractivity contribution in [1.82, 2.24) is 5.32 Å². The number of benzene rings is 1. The minimum absolute atomic E-state index is 0.419. The zero-order valence-corrected chi connectivity index (χ0v) is 11.5. The highest BCUT2D eigenvalue weighted by Crippen LogP contribution is 2.25. The fraction of sp³-hybridized carbons (Fsp3) is 0.333. The number of hydrogen-bond acceptors (Lipinski definition) is 2. The standard InChI is InChI=1S/C15H19NS/c1-11-6-4-5-7-13(11)8-15(16-3)14-10-17-9-12(14)2/h4-7,9-10,15-16H,8H2,1-3H3. The highest BCUT2D eigenvalue weighted by Gasteiger charge is 2.13. The van der Waals surface area contributed by atoms with Gasteiger partial charge in [-0.25, -0.2) is 0 Å². The highest BCUT2D eigenvalue weighted by molar-refractivity contribution is 7.08. The van der Waals surface area contributed by atoms with Crippen molar-refractivity contribution in [2.75, 3.05) is 7.05 Å². The zero-order valence-electron chi connectivity index (χ0n) is 10.7. The van der Waals surface area contributed by atoms with Gasteiger partial charge in [0, 0.05) is 6.04 Å². The van der Waals surface area contributed by atoms with E-state index < -0.39 is 0 Å². The Labute approximate surface area is 108 Å². The second-order valence-electron chi connectivity index (χ2n) is 4.48. The largest absolute Gasteiger partial charge is 0.313 e. The van der Waals surface area contributed by atoms with Crippen LogP contribution in [0.3, 0.4) is 0 Å². The molecule has 0 fully saturated rings. The molecule has 0 spiro atoms. The normalized spacial score (nSPS) is 12.6. The van der Waals surface area contributed by atoms with Crippen LogP contribution in [0.2, 0.25) is 0 Å². The van der Waals surface area contributed by atoms with Crippen molar-refractivity contribution in [3.8, 4) is 0 Å². The summed E-state index contributed by atoms with van der Waals surface area (Å²) >= 11 is 1.78. The first-order valence-electron chi connectivity index (χ1n) is 5.97. The SMILES string of the molecule is CNC(Cc1ccccc1C)c1cscc1C. The van der Waals surface area contributed by atoms with Gasteiger partial charge < -0.3 is 5.32 Å². The maximum atomic E-state index is 3.43. The minimum Gasteiger partial charge on any atom is -0.313 e. The number of nitrogens with one attached hydrogen (secondary N) is 1. The summed E-state index contributed by atoms with van der Waals surface area (Å²) in [4.78, 5) is 0. The molecule has 2 rings (SSSR count). The molecule has 1 N–H and O–H groups in total. The molecule has 1 atom stereocenters. The molecule has 1 unspecified atom stereocenters. The van der Waals surface area contributed by atoms with E-state index in [2.05, 4.69) is 54.2 Å². The quantitative estimate of drug-likeness (QED) is 0.862. The molecule has 0 saturated carbocycles. The molecule has 0 radical (unpaired) electrons. The van der Waals surface area contributed by atoms with Crippen LogP contribution in [0.1, 0.15) is 28.3 Å². The molecular weight excluding hydrogens is 226 g/mol. The number of rotatable bonds is 4. The number of hydrogen-bond donors (Lipinski definition) is 1. The molecule has 1 nitrogen and oxygen atoms in total. The third-order valence-corrected chi connectivity index (χ3v) is 4.18.